The maximum atomic E-state index is 5.31. The summed E-state index contributed by atoms with van der Waals surface area (Å²) >= 11 is 5.27. The number of nitrogens with zero attached hydrogens (tertiary/aromatic N) is 8. The second kappa shape index (κ2) is 35.4. The molecule has 136 heavy (non-hydrogen) atoms. The van der Waals surface area contributed by atoms with Gasteiger partial charge in [-0.3, -0.25) is 0 Å². The molecule has 0 amide bonds. The van der Waals surface area contributed by atoms with Crippen molar-refractivity contribution in [1.82, 2.24) is 39.9 Å². The van der Waals surface area contributed by atoms with Gasteiger partial charge in [-0.25, -0.2) is 39.9 Å². The van der Waals surface area contributed by atoms with Crippen LogP contribution in [0.2, 0.25) is 0 Å². The lowest BCUT2D eigenvalue weighted by molar-refractivity contribution is 0.660. The first-order chi connectivity index (χ1) is 67.1. The highest BCUT2D eigenvalue weighted by molar-refractivity contribution is 7.27. The van der Waals surface area contributed by atoms with Crippen LogP contribution in [0.3, 0.4) is 0 Å². The molecule has 26 rings (SSSR count). The van der Waals surface area contributed by atoms with Crippen molar-refractivity contribution in [3.8, 4) is 168 Å². The quantitative estimate of drug-likeness (QED) is 0.106. The van der Waals surface area contributed by atoms with Crippen LogP contribution >= 0.6 is 34.0 Å². The Balaban J connectivity index is 0.000000113. The molecule has 0 bridgehead atoms. The van der Waals surface area contributed by atoms with Gasteiger partial charge in [0.25, 0.3) is 0 Å². The van der Waals surface area contributed by atoms with Crippen LogP contribution in [0.5, 0.6) is 0 Å². The standard InChI is InChI=1S/C46H30N2S.C45H30N4S.C34H22N2S/c1-4-12-31(13-5-1)33-20-24-35(25-21-33)38-28-39(36-26-22-34(23-27-36)32-14-6-2-7-15-32)30-40(29-38)46-47-43(37-16-8-3-9-17-37)45-44(48-46)41-18-10-11-19-42(41)49-45;1-45(2)35-17-9-6-14-31(35)34-26-30(24-25-36(34)45)44-46-37-18-10-7-15-32(37)39(47-44)28-20-22-29(23-21-28)43-48-40(27-12-4-3-5-13-27)42-41(49-43)33-16-8-11-19-38(33)50-42;1-4-12-23(13-5-1)26-20-27(24-14-6-2-7-15-24)22-28(21-26)34-35-31(25-16-8-3-9-17-25)33-32(36-34)29-18-10-11-19-30(29)37-33/h1-30H;3-26H,1-2H3;1-22H. The number of benzene rings is 18. The van der Waals surface area contributed by atoms with E-state index in [0.717, 1.165) is 170 Å². The lowest BCUT2D eigenvalue weighted by atomic mass is 9.82. The van der Waals surface area contributed by atoms with Gasteiger partial charge in [0.15, 0.2) is 23.3 Å². The van der Waals surface area contributed by atoms with Crippen molar-refractivity contribution in [2.45, 2.75) is 19.3 Å². The van der Waals surface area contributed by atoms with Gasteiger partial charge in [-0.1, -0.05) is 408 Å². The molecule has 0 radical (unpaired) electrons. The van der Waals surface area contributed by atoms with Crippen LogP contribution < -0.4 is 0 Å². The van der Waals surface area contributed by atoms with Crippen molar-refractivity contribution in [2.75, 3.05) is 0 Å². The number of aromatic nitrogens is 8. The second-order valence-electron chi connectivity index (χ2n) is 34.8. The van der Waals surface area contributed by atoms with Gasteiger partial charge in [0.2, 0.25) is 0 Å². The third-order valence-electron chi connectivity index (χ3n) is 25.9. The minimum absolute atomic E-state index is 0.0474. The molecule has 0 fully saturated rings. The monoisotopic (exact) mass is 1790 g/mol. The first-order valence-electron chi connectivity index (χ1n) is 45.7. The van der Waals surface area contributed by atoms with Crippen LogP contribution in [-0.2, 0) is 5.41 Å². The third kappa shape index (κ3) is 15.7. The Hall–Kier alpha value is -16.8. The van der Waals surface area contributed by atoms with E-state index in [4.69, 9.17) is 39.9 Å². The van der Waals surface area contributed by atoms with Crippen molar-refractivity contribution >= 4 is 106 Å². The highest BCUT2D eigenvalue weighted by atomic mass is 32.1. The molecule has 0 unspecified atom stereocenters. The fraction of sp³-hybridized carbons (Fsp3) is 0.0240. The molecule has 0 spiro atoms. The van der Waals surface area contributed by atoms with Gasteiger partial charge in [-0.15, -0.1) is 34.0 Å². The highest BCUT2D eigenvalue weighted by Crippen LogP contribution is 2.51. The first-order valence-corrected chi connectivity index (χ1v) is 48.2. The zero-order valence-corrected chi connectivity index (χ0v) is 76.6. The van der Waals surface area contributed by atoms with Crippen molar-refractivity contribution in [2.24, 2.45) is 0 Å². The van der Waals surface area contributed by atoms with Crippen LogP contribution in [0, 0.1) is 0 Å². The summed E-state index contributed by atoms with van der Waals surface area (Å²) in [5, 5.41) is 4.51. The Morgan fingerprint density at radius 2 is 0.426 bits per heavy atom. The SMILES string of the molecule is CC1(C)c2ccccc2-c2cc(-c3nc(-c4ccc(-c5nc(-c6ccccc6)c6sc7ccccc7c6n5)cc4)c4ccccc4n3)ccc21.c1ccc(-c2cc(-c3ccccc3)cc(-c3nc(-c4ccccc4)c4sc5ccccc5c4n3)c2)cc1.c1ccc(-c2ccc(-c3cc(-c4ccc(-c5ccccc5)cc4)cc(-c4nc(-c5ccccc5)c5sc6ccccc6c5n4)c3)cc2)cc1. The average Bonchev–Trinajstić information content (AvgIpc) is 1.52. The number of hydrogen-bond acceptors (Lipinski definition) is 11. The fourth-order valence-corrected chi connectivity index (χ4v) is 22.5. The molecular formula is C125H82N8S3. The predicted molar refractivity (Wildman–Crippen MR) is 572 cm³/mol. The molecule has 7 aromatic heterocycles. The van der Waals surface area contributed by atoms with Crippen LogP contribution in [0.4, 0.5) is 0 Å². The zero-order valence-electron chi connectivity index (χ0n) is 74.2. The number of rotatable bonds is 14. The molecule has 0 aliphatic heterocycles. The van der Waals surface area contributed by atoms with Gasteiger partial charge < -0.3 is 0 Å². The largest absolute Gasteiger partial charge is 0.228 e. The van der Waals surface area contributed by atoms with E-state index in [9.17, 15) is 0 Å². The summed E-state index contributed by atoms with van der Waals surface area (Å²) in [6.45, 7) is 4.61. The fourth-order valence-electron chi connectivity index (χ4n) is 19.0. The summed E-state index contributed by atoms with van der Waals surface area (Å²) < 4.78 is 7.00. The summed E-state index contributed by atoms with van der Waals surface area (Å²) in [6, 6.07) is 162. The molecule has 11 heteroatoms. The number of para-hydroxylation sites is 1. The minimum Gasteiger partial charge on any atom is -0.228 e. The smallest absolute Gasteiger partial charge is 0.160 e. The van der Waals surface area contributed by atoms with Gasteiger partial charge in [-0.2, -0.15) is 0 Å². The highest BCUT2D eigenvalue weighted by Gasteiger charge is 2.36. The third-order valence-corrected chi connectivity index (χ3v) is 29.4. The number of fused-ring (bicyclic) bond motifs is 13. The van der Waals surface area contributed by atoms with Crippen molar-refractivity contribution in [3.63, 3.8) is 0 Å². The van der Waals surface area contributed by atoms with E-state index < -0.39 is 0 Å². The van der Waals surface area contributed by atoms with E-state index in [2.05, 4.69) is 457 Å². The van der Waals surface area contributed by atoms with E-state index >= 15 is 0 Å². The topological polar surface area (TPSA) is 103 Å². The summed E-state index contributed by atoms with van der Waals surface area (Å²) in [5.41, 5.74) is 35.2. The van der Waals surface area contributed by atoms with Crippen molar-refractivity contribution in [1.29, 1.82) is 0 Å². The maximum Gasteiger partial charge on any atom is 0.160 e. The molecule has 18 aromatic carbocycles. The molecular weight excluding hydrogens is 1710 g/mol. The minimum atomic E-state index is -0.0474. The maximum absolute atomic E-state index is 5.31. The second-order valence-corrected chi connectivity index (χ2v) is 37.9. The summed E-state index contributed by atoms with van der Waals surface area (Å²) in [5.74, 6) is 2.89. The van der Waals surface area contributed by atoms with Crippen molar-refractivity contribution in [3.05, 3.63) is 472 Å². The van der Waals surface area contributed by atoms with E-state index in [-0.39, 0.29) is 5.41 Å². The Labute approximate surface area is 799 Å². The Kier molecular flexibility index (Phi) is 21.4. The van der Waals surface area contributed by atoms with Gasteiger partial charge in [-0.05, 0) is 156 Å². The van der Waals surface area contributed by atoms with Crippen molar-refractivity contribution < 1.29 is 0 Å². The summed E-state index contributed by atoms with van der Waals surface area (Å²) in [6.07, 6.45) is 0. The van der Waals surface area contributed by atoms with E-state index in [1.54, 1.807) is 34.0 Å². The van der Waals surface area contributed by atoms with Crippen LogP contribution in [0.15, 0.2) is 461 Å². The molecule has 1 aliphatic carbocycles. The van der Waals surface area contributed by atoms with Crippen LogP contribution in [0.25, 0.3) is 240 Å². The molecule has 0 N–H and O–H groups in total. The zero-order chi connectivity index (χ0) is 90.6. The molecule has 0 atom stereocenters. The van der Waals surface area contributed by atoms with Gasteiger partial charge >= 0.3 is 0 Å². The summed E-state index contributed by atoms with van der Waals surface area (Å²) in [4.78, 5) is 41.6. The Morgan fingerprint density at radius 1 is 0.169 bits per heavy atom. The average molecular weight is 1790 g/mol. The van der Waals surface area contributed by atoms with Crippen LogP contribution in [0.1, 0.15) is 25.0 Å². The normalized spacial score (nSPS) is 12.0. The lowest BCUT2D eigenvalue weighted by Crippen LogP contribution is -2.14. The van der Waals surface area contributed by atoms with E-state index in [1.807, 2.05) is 18.2 Å². The number of hydrogen-bond donors (Lipinski definition) is 0. The Bertz CT molecular complexity index is 8660. The van der Waals surface area contributed by atoms with Gasteiger partial charge in [0.1, 0.15) is 0 Å². The summed E-state index contributed by atoms with van der Waals surface area (Å²) in [7, 11) is 0. The van der Waals surface area contributed by atoms with E-state index in [0.29, 0.717) is 5.82 Å². The van der Waals surface area contributed by atoms with Gasteiger partial charge in [0.05, 0.1) is 58.9 Å². The van der Waals surface area contributed by atoms with E-state index in [1.165, 1.54) is 75.1 Å². The molecule has 0 saturated carbocycles. The first kappa shape index (κ1) is 82.4. The molecule has 640 valence electrons. The lowest BCUT2D eigenvalue weighted by Gasteiger charge is -2.21. The molecule has 0 saturated heterocycles. The van der Waals surface area contributed by atoms with Crippen LogP contribution in [-0.4, -0.2) is 39.9 Å². The Morgan fingerprint density at radius 3 is 0.824 bits per heavy atom. The van der Waals surface area contributed by atoms with Gasteiger partial charge in [0, 0.05) is 85.6 Å². The molecule has 1 aliphatic rings. The number of thiophene rings is 3. The molecule has 7 heterocycles. The molecule has 8 nitrogen and oxygen atoms in total. The predicted octanol–water partition coefficient (Wildman–Crippen LogP) is 34.1. The molecule has 25 aromatic rings.